The quantitative estimate of drug-likeness (QED) is 0.135. The molecule has 0 saturated heterocycles. The molecule has 0 atom stereocenters. The Labute approximate surface area is 309 Å². The number of ether oxygens (including phenoxy) is 3. The number of hydrogen-bond donors (Lipinski definition) is 2. The molecule has 0 unspecified atom stereocenters. The fourth-order valence-corrected chi connectivity index (χ4v) is 4.23. The zero-order valence-corrected chi connectivity index (χ0v) is 36.6. The highest BCUT2D eigenvalue weighted by Crippen LogP contribution is 2.23. The number of amides is 1. The molecule has 9 heteroatoms. The van der Waals surface area contributed by atoms with Gasteiger partial charge in [-0.05, 0) is 132 Å². The van der Waals surface area contributed by atoms with E-state index < -0.39 is 28.7 Å². The third-order valence-electron chi connectivity index (χ3n) is 6.65. The summed E-state index contributed by atoms with van der Waals surface area (Å²) < 4.78 is 15.8. The van der Waals surface area contributed by atoms with Crippen molar-refractivity contribution in [2.24, 2.45) is 16.2 Å². The maximum atomic E-state index is 11.6. The van der Waals surface area contributed by atoms with Gasteiger partial charge in [0.1, 0.15) is 11.2 Å². The number of carbonyl (C=O) groups is 3. The average molecular weight is 717 g/mol. The summed E-state index contributed by atoms with van der Waals surface area (Å²) >= 11 is 0. The second-order valence-corrected chi connectivity index (χ2v) is 20.5. The second-order valence-electron chi connectivity index (χ2n) is 20.5. The van der Waals surface area contributed by atoms with E-state index in [0.717, 1.165) is 6.42 Å². The average Bonchev–Trinajstić information content (AvgIpc) is 2.78. The van der Waals surface area contributed by atoms with Crippen LogP contribution < -0.4 is 5.32 Å². The number of esters is 2. The van der Waals surface area contributed by atoms with E-state index in [4.69, 9.17) is 14.2 Å². The molecule has 0 aliphatic carbocycles. The number of hydrogen-bond acceptors (Lipinski definition) is 8. The predicted molar refractivity (Wildman–Crippen MR) is 209 cm³/mol. The molecule has 1 amide bonds. The fraction of sp³-hybridized carbons (Fsp3) is 0.927. The van der Waals surface area contributed by atoms with Crippen molar-refractivity contribution < 1.29 is 33.7 Å². The van der Waals surface area contributed by atoms with Gasteiger partial charge in [0.25, 0.3) is 0 Å². The molecule has 0 heterocycles. The Morgan fingerprint density at radius 3 is 1.22 bits per heavy atom. The van der Waals surface area contributed by atoms with Crippen LogP contribution in [0.3, 0.4) is 0 Å². The molecule has 2 N–H and O–H groups in total. The Morgan fingerprint density at radius 2 is 0.940 bits per heavy atom. The first-order chi connectivity index (χ1) is 21.9. The van der Waals surface area contributed by atoms with Gasteiger partial charge in [-0.1, -0.05) is 62.3 Å². The van der Waals surface area contributed by atoms with Crippen LogP contribution in [0.5, 0.6) is 0 Å². The van der Waals surface area contributed by atoms with E-state index in [1.54, 1.807) is 41.5 Å². The summed E-state index contributed by atoms with van der Waals surface area (Å²) in [7, 11) is 2.26. The van der Waals surface area contributed by atoms with Crippen LogP contribution in [0.2, 0.25) is 0 Å². The third-order valence-corrected chi connectivity index (χ3v) is 6.65. The molecule has 300 valence electrons. The van der Waals surface area contributed by atoms with Crippen molar-refractivity contribution in [2.75, 3.05) is 33.3 Å². The van der Waals surface area contributed by atoms with Crippen LogP contribution in [-0.4, -0.2) is 83.5 Å². The maximum absolute atomic E-state index is 11.6. The first kappa shape index (κ1) is 52.6. The molecular weight excluding hydrogens is 632 g/mol. The number of rotatable bonds is 14. The van der Waals surface area contributed by atoms with E-state index in [1.165, 1.54) is 45.7 Å². The Balaban J connectivity index is -0.000000668. The molecule has 0 aliphatic heterocycles. The topological polar surface area (TPSA) is 114 Å². The molecule has 0 aromatic carbocycles. The summed E-state index contributed by atoms with van der Waals surface area (Å²) in [5, 5.41) is 12.9. The van der Waals surface area contributed by atoms with E-state index in [0.29, 0.717) is 24.0 Å². The van der Waals surface area contributed by atoms with Crippen LogP contribution >= 0.6 is 0 Å². The van der Waals surface area contributed by atoms with Crippen LogP contribution in [0, 0.1) is 16.2 Å². The van der Waals surface area contributed by atoms with E-state index in [2.05, 4.69) is 58.8 Å². The Kier molecular flexibility index (Phi) is 23.6. The highest BCUT2D eigenvalue weighted by Gasteiger charge is 2.32. The van der Waals surface area contributed by atoms with Gasteiger partial charge >= 0.3 is 11.9 Å². The summed E-state index contributed by atoms with van der Waals surface area (Å²) in [5.41, 5.74) is -2.10. The lowest BCUT2D eigenvalue weighted by molar-refractivity contribution is -0.165. The van der Waals surface area contributed by atoms with E-state index in [1.807, 2.05) is 41.5 Å². The lowest BCUT2D eigenvalue weighted by Gasteiger charge is -2.26. The van der Waals surface area contributed by atoms with Gasteiger partial charge in [-0.25, -0.2) is 0 Å². The van der Waals surface area contributed by atoms with E-state index in [9.17, 15) is 19.5 Å². The number of aliphatic hydroxyl groups is 1. The van der Waals surface area contributed by atoms with Gasteiger partial charge in [-0.3, -0.25) is 14.4 Å². The molecular formula is C41H84N2O7. The largest absolute Gasteiger partial charge is 0.460 e. The smallest absolute Gasteiger partial charge is 0.309 e. The van der Waals surface area contributed by atoms with Crippen molar-refractivity contribution in [3.05, 3.63) is 0 Å². The van der Waals surface area contributed by atoms with Gasteiger partial charge in [-0.2, -0.15) is 0 Å². The highest BCUT2D eigenvalue weighted by atomic mass is 16.6. The SMILES string of the molecule is CC(C)(C)OCCCNC(=O)C(C)(C)C.CC(O)(CC(=O)OC(C)(C)C)CC(=O)OC(C)(C)C.CN(CCCC(C)(C)C)CCCC(C)(C)C. The second kappa shape index (κ2) is 22.4. The van der Waals surface area contributed by atoms with E-state index in [-0.39, 0.29) is 29.8 Å². The van der Waals surface area contributed by atoms with Gasteiger partial charge in [-0.15, -0.1) is 0 Å². The van der Waals surface area contributed by atoms with Crippen molar-refractivity contribution in [3.8, 4) is 0 Å². The third kappa shape index (κ3) is 42.5. The molecule has 0 aromatic rings. The van der Waals surface area contributed by atoms with Crippen LogP contribution in [0.15, 0.2) is 0 Å². The van der Waals surface area contributed by atoms with Gasteiger partial charge in [0.2, 0.25) is 5.91 Å². The zero-order chi connectivity index (χ0) is 40.4. The van der Waals surface area contributed by atoms with Gasteiger partial charge in [0.15, 0.2) is 0 Å². The minimum absolute atomic E-state index is 0.0892. The fourth-order valence-electron chi connectivity index (χ4n) is 4.23. The molecule has 0 radical (unpaired) electrons. The van der Waals surface area contributed by atoms with Crippen molar-refractivity contribution in [2.45, 2.75) is 199 Å². The van der Waals surface area contributed by atoms with Crippen molar-refractivity contribution in [1.29, 1.82) is 0 Å². The molecule has 50 heavy (non-hydrogen) atoms. The molecule has 0 bridgehead atoms. The van der Waals surface area contributed by atoms with Crippen LogP contribution in [0.1, 0.15) is 176 Å². The summed E-state index contributed by atoms with van der Waals surface area (Å²) in [4.78, 5) is 37.2. The number of carbonyl (C=O) groups excluding carboxylic acids is 3. The molecule has 0 saturated carbocycles. The number of nitrogens with zero attached hydrogens (tertiary/aromatic N) is 1. The van der Waals surface area contributed by atoms with Crippen LogP contribution in [-0.2, 0) is 28.6 Å². The van der Waals surface area contributed by atoms with Crippen LogP contribution in [0.4, 0.5) is 0 Å². The maximum Gasteiger partial charge on any atom is 0.309 e. The molecule has 0 rings (SSSR count). The van der Waals surface area contributed by atoms with Crippen LogP contribution in [0.25, 0.3) is 0 Å². The summed E-state index contributed by atoms with van der Waals surface area (Å²) in [6.45, 7) is 41.5. The zero-order valence-electron chi connectivity index (χ0n) is 36.6. The first-order valence-corrected chi connectivity index (χ1v) is 18.7. The lowest BCUT2D eigenvalue weighted by atomic mass is 9.90. The van der Waals surface area contributed by atoms with Crippen molar-refractivity contribution >= 4 is 17.8 Å². The Hall–Kier alpha value is -1.71. The molecule has 0 spiro atoms. The predicted octanol–water partition coefficient (Wildman–Crippen LogP) is 9.13. The minimum atomic E-state index is -1.47. The van der Waals surface area contributed by atoms with Crippen molar-refractivity contribution in [3.63, 3.8) is 0 Å². The van der Waals surface area contributed by atoms with Gasteiger partial charge in [0, 0.05) is 18.6 Å². The first-order valence-electron chi connectivity index (χ1n) is 18.7. The Morgan fingerprint density at radius 1 is 0.580 bits per heavy atom. The molecule has 9 nitrogen and oxygen atoms in total. The van der Waals surface area contributed by atoms with E-state index >= 15 is 0 Å². The Bertz CT molecular complexity index is 896. The van der Waals surface area contributed by atoms with Gasteiger partial charge in [0.05, 0.1) is 24.0 Å². The van der Waals surface area contributed by atoms with Crippen molar-refractivity contribution in [1.82, 2.24) is 10.2 Å². The number of nitrogens with one attached hydrogen (secondary N) is 1. The lowest BCUT2D eigenvalue weighted by Crippen LogP contribution is -2.36. The monoisotopic (exact) mass is 717 g/mol. The highest BCUT2D eigenvalue weighted by molar-refractivity contribution is 5.81. The molecule has 0 fully saturated rings. The summed E-state index contributed by atoms with van der Waals surface area (Å²) in [5.74, 6) is -0.986. The van der Waals surface area contributed by atoms with Gasteiger partial charge < -0.3 is 29.5 Å². The minimum Gasteiger partial charge on any atom is -0.460 e. The molecule has 0 aliphatic rings. The molecule has 0 aromatic heterocycles. The normalized spacial score (nSPS) is 13.1. The summed E-state index contributed by atoms with van der Waals surface area (Å²) in [6.07, 6.45) is 5.68. The standard InChI is InChI=1S/C15H33N.C14H26O5.C12H25NO2/c1-14(2,3)10-8-12-16(7)13-9-11-15(4,5)6;1-12(2,3)18-10(15)8-14(7,17)9-11(16)19-13(4,5)6;1-11(2,3)10(14)13-8-7-9-15-12(4,5)6/h8-13H2,1-7H3;17H,8-9H2,1-7H3;7-9H2,1-6H3,(H,13,14). The summed E-state index contributed by atoms with van der Waals surface area (Å²) in [6, 6.07) is 0.